The van der Waals surface area contributed by atoms with E-state index in [1.54, 1.807) is 28.8 Å². The SMILES string of the molecule is CSc1ccc(CN2C(=O)C(O)=C(c3ccccc3)C2c2ccc(F)cc2)cc1. The van der Waals surface area contributed by atoms with Crippen LogP contribution in [-0.4, -0.2) is 22.2 Å². The Labute approximate surface area is 173 Å². The lowest BCUT2D eigenvalue weighted by Gasteiger charge is -2.27. The number of halogens is 1. The summed E-state index contributed by atoms with van der Waals surface area (Å²) >= 11 is 1.65. The molecule has 0 aromatic heterocycles. The number of hydrogen-bond donors (Lipinski definition) is 1. The van der Waals surface area contributed by atoms with E-state index < -0.39 is 11.9 Å². The number of thioether (sulfide) groups is 1. The van der Waals surface area contributed by atoms with Gasteiger partial charge in [-0.1, -0.05) is 54.6 Å². The maximum atomic E-state index is 13.5. The highest BCUT2D eigenvalue weighted by atomic mass is 32.2. The molecule has 1 N–H and O–H groups in total. The smallest absolute Gasteiger partial charge is 0.290 e. The van der Waals surface area contributed by atoms with Crippen LogP contribution in [-0.2, 0) is 11.3 Å². The molecule has 1 heterocycles. The number of carbonyl (C=O) groups is 1. The Hall–Kier alpha value is -3.05. The molecule has 29 heavy (non-hydrogen) atoms. The van der Waals surface area contributed by atoms with Crippen LogP contribution in [0.5, 0.6) is 0 Å². The maximum absolute atomic E-state index is 13.5. The summed E-state index contributed by atoms with van der Waals surface area (Å²) < 4.78 is 13.5. The van der Waals surface area contributed by atoms with Gasteiger partial charge in [0.25, 0.3) is 5.91 Å². The van der Waals surface area contributed by atoms with Crippen LogP contribution < -0.4 is 0 Å². The number of carbonyl (C=O) groups excluding carboxylic acids is 1. The quantitative estimate of drug-likeness (QED) is 0.562. The summed E-state index contributed by atoms with van der Waals surface area (Å²) in [6.07, 6.45) is 2.01. The van der Waals surface area contributed by atoms with Gasteiger partial charge in [0.2, 0.25) is 0 Å². The zero-order valence-corrected chi connectivity index (χ0v) is 16.7. The summed E-state index contributed by atoms with van der Waals surface area (Å²) in [4.78, 5) is 15.8. The highest BCUT2D eigenvalue weighted by Crippen LogP contribution is 2.43. The molecule has 3 aromatic rings. The molecule has 3 nitrogen and oxygen atoms in total. The normalized spacial score (nSPS) is 16.6. The molecule has 0 saturated heterocycles. The van der Waals surface area contributed by atoms with Crippen LogP contribution in [0, 0.1) is 5.82 Å². The van der Waals surface area contributed by atoms with E-state index in [0.29, 0.717) is 12.1 Å². The summed E-state index contributed by atoms with van der Waals surface area (Å²) in [5.74, 6) is -1.02. The monoisotopic (exact) mass is 405 g/mol. The minimum absolute atomic E-state index is 0.258. The first kappa shape index (κ1) is 19.3. The molecule has 1 aliphatic rings. The van der Waals surface area contributed by atoms with Crippen LogP contribution in [0.25, 0.3) is 5.57 Å². The van der Waals surface area contributed by atoms with E-state index in [9.17, 15) is 14.3 Å². The van der Waals surface area contributed by atoms with E-state index in [1.807, 2.05) is 60.9 Å². The molecular weight excluding hydrogens is 385 g/mol. The molecule has 146 valence electrons. The van der Waals surface area contributed by atoms with Gasteiger partial charge in [0.15, 0.2) is 5.76 Å². The largest absolute Gasteiger partial charge is 0.503 e. The molecular formula is C24H20FNO2S. The standard InChI is InChI=1S/C24H20FNO2S/c1-29-20-13-7-16(8-14-20)15-26-22(18-9-11-19(25)12-10-18)21(23(27)24(26)28)17-5-3-2-4-6-17/h2-14,22,27H,15H2,1H3. The van der Waals surface area contributed by atoms with E-state index in [1.165, 1.54) is 12.1 Å². The number of hydrogen-bond acceptors (Lipinski definition) is 3. The number of aliphatic hydroxyl groups is 1. The van der Waals surface area contributed by atoms with Crippen molar-refractivity contribution in [2.45, 2.75) is 17.5 Å². The van der Waals surface area contributed by atoms with E-state index in [-0.39, 0.29) is 11.6 Å². The minimum Gasteiger partial charge on any atom is -0.503 e. The Morgan fingerprint density at radius 3 is 2.24 bits per heavy atom. The minimum atomic E-state index is -0.495. The zero-order chi connectivity index (χ0) is 20.4. The van der Waals surface area contributed by atoms with Gasteiger partial charge in [-0.3, -0.25) is 4.79 Å². The third-order valence-corrected chi connectivity index (χ3v) is 5.83. The second-order valence-electron chi connectivity index (χ2n) is 6.86. The third-order valence-electron chi connectivity index (χ3n) is 5.09. The lowest BCUT2D eigenvalue weighted by molar-refractivity contribution is -0.130. The highest BCUT2D eigenvalue weighted by Gasteiger charge is 2.40. The van der Waals surface area contributed by atoms with E-state index in [4.69, 9.17) is 0 Å². The van der Waals surface area contributed by atoms with Crippen molar-refractivity contribution < 1.29 is 14.3 Å². The Morgan fingerprint density at radius 1 is 0.966 bits per heavy atom. The van der Waals surface area contributed by atoms with Crippen LogP contribution in [0.2, 0.25) is 0 Å². The fourth-order valence-electron chi connectivity index (χ4n) is 3.65. The van der Waals surface area contributed by atoms with Gasteiger partial charge in [0.05, 0.1) is 6.04 Å². The van der Waals surface area contributed by atoms with Gasteiger partial charge >= 0.3 is 0 Å². The van der Waals surface area contributed by atoms with Crippen molar-refractivity contribution in [1.82, 2.24) is 4.90 Å². The van der Waals surface area contributed by atoms with Crippen molar-refractivity contribution in [3.05, 3.63) is 107 Å². The average Bonchev–Trinajstić information content (AvgIpc) is 3.00. The number of nitrogens with zero attached hydrogens (tertiary/aromatic N) is 1. The fourth-order valence-corrected chi connectivity index (χ4v) is 4.06. The highest BCUT2D eigenvalue weighted by molar-refractivity contribution is 7.98. The van der Waals surface area contributed by atoms with Gasteiger partial charge in [-0.05, 0) is 47.2 Å². The Balaban J connectivity index is 1.77. The van der Waals surface area contributed by atoms with Crippen molar-refractivity contribution in [1.29, 1.82) is 0 Å². The predicted octanol–water partition coefficient (Wildman–Crippen LogP) is 5.60. The first-order valence-corrected chi connectivity index (χ1v) is 10.5. The molecule has 0 bridgehead atoms. The van der Waals surface area contributed by atoms with Gasteiger partial charge in [-0.25, -0.2) is 4.39 Å². The summed E-state index contributed by atoms with van der Waals surface area (Å²) in [6.45, 7) is 0.343. The molecule has 1 unspecified atom stereocenters. The van der Waals surface area contributed by atoms with Crippen molar-refractivity contribution in [3.8, 4) is 0 Å². The molecule has 3 aromatic carbocycles. The lowest BCUT2D eigenvalue weighted by atomic mass is 9.93. The summed E-state index contributed by atoms with van der Waals surface area (Å²) in [5, 5.41) is 10.7. The number of aliphatic hydroxyl groups excluding tert-OH is 1. The van der Waals surface area contributed by atoms with E-state index >= 15 is 0 Å². The molecule has 0 fully saturated rings. The Kier molecular flexibility index (Phi) is 5.41. The van der Waals surface area contributed by atoms with Crippen LogP contribution in [0.15, 0.2) is 89.5 Å². The zero-order valence-electron chi connectivity index (χ0n) is 15.9. The van der Waals surface area contributed by atoms with E-state index in [2.05, 4.69) is 0 Å². The van der Waals surface area contributed by atoms with Crippen molar-refractivity contribution in [2.75, 3.05) is 6.26 Å². The molecule has 4 rings (SSSR count). The number of rotatable bonds is 5. The molecule has 5 heteroatoms. The summed E-state index contributed by atoms with van der Waals surface area (Å²) in [5.41, 5.74) is 3.03. The first-order valence-electron chi connectivity index (χ1n) is 9.26. The Bertz CT molecular complexity index is 1050. The number of benzene rings is 3. The molecule has 0 radical (unpaired) electrons. The molecule has 1 amide bonds. The van der Waals surface area contributed by atoms with Gasteiger partial charge in [0.1, 0.15) is 5.82 Å². The summed E-state index contributed by atoms with van der Waals surface area (Å²) in [6, 6.07) is 22.9. The summed E-state index contributed by atoms with van der Waals surface area (Å²) in [7, 11) is 0. The van der Waals surface area contributed by atoms with E-state index in [0.717, 1.165) is 21.6 Å². The van der Waals surface area contributed by atoms with Crippen LogP contribution in [0.3, 0.4) is 0 Å². The molecule has 0 saturated carbocycles. The van der Waals surface area contributed by atoms with Crippen LogP contribution in [0.1, 0.15) is 22.7 Å². The topological polar surface area (TPSA) is 40.5 Å². The Morgan fingerprint density at radius 2 is 1.62 bits per heavy atom. The van der Waals surface area contributed by atoms with Crippen molar-refractivity contribution >= 4 is 23.2 Å². The van der Waals surface area contributed by atoms with Gasteiger partial charge < -0.3 is 10.0 Å². The number of amides is 1. The predicted molar refractivity (Wildman–Crippen MR) is 114 cm³/mol. The van der Waals surface area contributed by atoms with Crippen molar-refractivity contribution in [2.24, 2.45) is 0 Å². The maximum Gasteiger partial charge on any atom is 0.290 e. The fraction of sp³-hybridized carbons (Fsp3) is 0.125. The second kappa shape index (κ2) is 8.13. The van der Waals surface area contributed by atoms with Gasteiger partial charge in [0, 0.05) is 17.0 Å². The molecule has 0 spiro atoms. The van der Waals surface area contributed by atoms with Crippen LogP contribution >= 0.6 is 11.8 Å². The van der Waals surface area contributed by atoms with Crippen LogP contribution in [0.4, 0.5) is 4.39 Å². The first-order chi connectivity index (χ1) is 14.1. The molecule has 1 aliphatic heterocycles. The van der Waals surface area contributed by atoms with Gasteiger partial charge in [-0.15, -0.1) is 11.8 Å². The lowest BCUT2D eigenvalue weighted by Crippen LogP contribution is -2.29. The molecule has 1 atom stereocenters. The van der Waals surface area contributed by atoms with Gasteiger partial charge in [-0.2, -0.15) is 0 Å². The van der Waals surface area contributed by atoms with Crippen molar-refractivity contribution in [3.63, 3.8) is 0 Å². The second-order valence-corrected chi connectivity index (χ2v) is 7.74. The average molecular weight is 405 g/mol. The third kappa shape index (κ3) is 3.78. The molecule has 0 aliphatic carbocycles.